The minimum atomic E-state index is -0.278. The van der Waals surface area contributed by atoms with Gasteiger partial charge in [-0.15, -0.1) is 0 Å². The number of hydrogen-bond donors (Lipinski definition) is 1. The Labute approximate surface area is 153 Å². The third-order valence-corrected chi connectivity index (χ3v) is 4.70. The summed E-state index contributed by atoms with van der Waals surface area (Å²) in [5.74, 6) is 0.744. The highest BCUT2D eigenvalue weighted by Gasteiger charge is 2.25. The summed E-state index contributed by atoms with van der Waals surface area (Å²) in [7, 11) is 0. The van der Waals surface area contributed by atoms with Gasteiger partial charge in [-0.05, 0) is 31.9 Å². The summed E-state index contributed by atoms with van der Waals surface area (Å²) in [6.07, 6.45) is 2.79. The second-order valence-electron chi connectivity index (χ2n) is 6.44. The number of likely N-dealkylation sites (tertiary alicyclic amines) is 1. The fourth-order valence-electron chi connectivity index (χ4n) is 3.19. The van der Waals surface area contributed by atoms with Crippen LogP contribution in [0.2, 0.25) is 0 Å². The standard InChI is InChI=1S/C18H26N4O4/c1-2-26-18(24)22-7-5-15(6-8-22)20-17(23)14-3-4-16(19-13-14)21-9-11-25-12-10-21/h3-4,13,15H,2,5-12H2,1H3,(H,20,23). The fourth-order valence-corrected chi connectivity index (χ4v) is 3.19. The molecule has 2 saturated heterocycles. The molecule has 2 amide bonds. The molecule has 0 unspecified atom stereocenters. The molecule has 1 aromatic heterocycles. The number of carbonyl (C=O) groups excluding carboxylic acids is 2. The number of nitrogens with one attached hydrogen (secondary N) is 1. The maximum atomic E-state index is 12.4. The molecule has 2 fully saturated rings. The zero-order chi connectivity index (χ0) is 18.4. The van der Waals surface area contributed by atoms with Gasteiger partial charge in [0.05, 0.1) is 25.4 Å². The Bertz CT molecular complexity index is 608. The molecule has 2 aliphatic rings. The highest BCUT2D eigenvalue weighted by Crippen LogP contribution is 2.15. The van der Waals surface area contributed by atoms with Crippen molar-refractivity contribution in [1.82, 2.24) is 15.2 Å². The molecule has 1 N–H and O–H groups in total. The summed E-state index contributed by atoms with van der Waals surface area (Å²) in [5.41, 5.74) is 0.551. The van der Waals surface area contributed by atoms with Gasteiger partial charge in [0.1, 0.15) is 5.82 Å². The van der Waals surface area contributed by atoms with E-state index in [1.165, 1.54) is 0 Å². The summed E-state index contributed by atoms with van der Waals surface area (Å²) < 4.78 is 10.3. The minimum Gasteiger partial charge on any atom is -0.450 e. The number of pyridine rings is 1. The van der Waals surface area contributed by atoms with Gasteiger partial charge in [0.2, 0.25) is 0 Å². The van der Waals surface area contributed by atoms with Gasteiger partial charge in [0.25, 0.3) is 5.91 Å². The number of aromatic nitrogens is 1. The van der Waals surface area contributed by atoms with E-state index in [1.54, 1.807) is 24.1 Å². The average molecular weight is 362 g/mol. The summed E-state index contributed by atoms with van der Waals surface area (Å²) in [6.45, 7) is 6.40. The molecule has 26 heavy (non-hydrogen) atoms. The number of amides is 2. The number of hydrogen-bond acceptors (Lipinski definition) is 6. The van der Waals surface area contributed by atoms with E-state index in [1.807, 2.05) is 6.07 Å². The number of ether oxygens (including phenoxy) is 2. The normalized spacial score (nSPS) is 18.5. The molecule has 0 spiro atoms. The molecule has 0 atom stereocenters. The third kappa shape index (κ3) is 4.63. The van der Waals surface area contributed by atoms with Crippen LogP contribution in [0.1, 0.15) is 30.1 Å². The lowest BCUT2D eigenvalue weighted by Gasteiger charge is -2.31. The number of piperidine rings is 1. The first-order valence-corrected chi connectivity index (χ1v) is 9.18. The van der Waals surface area contributed by atoms with Crippen LogP contribution in [0.25, 0.3) is 0 Å². The van der Waals surface area contributed by atoms with Crippen LogP contribution in [0.15, 0.2) is 18.3 Å². The van der Waals surface area contributed by atoms with Gasteiger partial charge in [0, 0.05) is 38.4 Å². The molecule has 0 aliphatic carbocycles. The fraction of sp³-hybridized carbons (Fsp3) is 0.611. The van der Waals surface area contributed by atoms with Crippen molar-refractivity contribution in [3.05, 3.63) is 23.9 Å². The van der Waals surface area contributed by atoms with Gasteiger partial charge in [-0.3, -0.25) is 4.79 Å². The monoisotopic (exact) mass is 362 g/mol. The first-order valence-electron chi connectivity index (χ1n) is 9.18. The quantitative estimate of drug-likeness (QED) is 0.868. The van der Waals surface area contributed by atoms with Crippen molar-refractivity contribution in [2.45, 2.75) is 25.8 Å². The Morgan fingerprint density at radius 3 is 2.58 bits per heavy atom. The summed E-state index contributed by atoms with van der Waals surface area (Å²) in [4.78, 5) is 32.4. The van der Waals surface area contributed by atoms with Crippen molar-refractivity contribution >= 4 is 17.8 Å². The maximum absolute atomic E-state index is 12.4. The van der Waals surface area contributed by atoms with Gasteiger partial charge in [-0.1, -0.05) is 0 Å². The lowest BCUT2D eigenvalue weighted by Crippen LogP contribution is -2.46. The van der Waals surface area contributed by atoms with E-state index in [4.69, 9.17) is 9.47 Å². The molecule has 3 heterocycles. The topological polar surface area (TPSA) is 84.0 Å². The third-order valence-electron chi connectivity index (χ3n) is 4.70. The molecule has 0 saturated carbocycles. The largest absolute Gasteiger partial charge is 0.450 e. The van der Waals surface area contributed by atoms with E-state index in [-0.39, 0.29) is 18.0 Å². The zero-order valence-corrected chi connectivity index (χ0v) is 15.1. The predicted molar refractivity (Wildman–Crippen MR) is 96.4 cm³/mol. The average Bonchev–Trinajstić information content (AvgIpc) is 2.69. The van der Waals surface area contributed by atoms with Gasteiger partial charge in [-0.2, -0.15) is 0 Å². The molecule has 8 heteroatoms. The second-order valence-corrected chi connectivity index (χ2v) is 6.44. The first-order chi connectivity index (χ1) is 12.7. The molecule has 8 nitrogen and oxygen atoms in total. The Morgan fingerprint density at radius 1 is 1.23 bits per heavy atom. The van der Waals surface area contributed by atoms with Crippen molar-refractivity contribution in [3.8, 4) is 0 Å². The van der Waals surface area contributed by atoms with Gasteiger partial charge >= 0.3 is 6.09 Å². The van der Waals surface area contributed by atoms with Crippen LogP contribution in [-0.2, 0) is 9.47 Å². The van der Waals surface area contributed by atoms with Gasteiger partial charge in [-0.25, -0.2) is 9.78 Å². The minimum absolute atomic E-state index is 0.0621. The van der Waals surface area contributed by atoms with Crippen LogP contribution in [0.5, 0.6) is 0 Å². The Kier molecular flexibility index (Phi) is 6.27. The summed E-state index contributed by atoms with van der Waals surface area (Å²) in [5, 5.41) is 3.03. The van der Waals surface area contributed by atoms with Crippen LogP contribution < -0.4 is 10.2 Å². The molecular weight excluding hydrogens is 336 g/mol. The lowest BCUT2D eigenvalue weighted by atomic mass is 10.0. The predicted octanol–water partition coefficient (Wildman–Crippen LogP) is 1.27. The van der Waals surface area contributed by atoms with E-state index in [0.29, 0.717) is 38.5 Å². The molecule has 3 rings (SSSR count). The molecule has 0 radical (unpaired) electrons. The number of carbonyl (C=O) groups is 2. The Morgan fingerprint density at radius 2 is 1.96 bits per heavy atom. The maximum Gasteiger partial charge on any atom is 0.409 e. The number of morpholine rings is 1. The second kappa shape index (κ2) is 8.84. The summed E-state index contributed by atoms with van der Waals surface area (Å²) >= 11 is 0. The lowest BCUT2D eigenvalue weighted by molar-refractivity contribution is 0.0859. The van der Waals surface area contributed by atoms with Gasteiger partial charge < -0.3 is 24.6 Å². The van der Waals surface area contributed by atoms with Crippen molar-refractivity contribution < 1.29 is 19.1 Å². The van der Waals surface area contributed by atoms with Crippen molar-refractivity contribution in [1.29, 1.82) is 0 Å². The number of anilines is 1. The molecular formula is C18H26N4O4. The van der Waals surface area contributed by atoms with E-state index >= 15 is 0 Å². The highest BCUT2D eigenvalue weighted by molar-refractivity contribution is 5.94. The Balaban J connectivity index is 1.48. The van der Waals surface area contributed by atoms with E-state index < -0.39 is 0 Å². The van der Waals surface area contributed by atoms with Crippen LogP contribution in [-0.4, -0.2) is 73.9 Å². The van der Waals surface area contributed by atoms with Crippen molar-refractivity contribution in [3.63, 3.8) is 0 Å². The van der Waals surface area contributed by atoms with Crippen LogP contribution in [0, 0.1) is 0 Å². The smallest absolute Gasteiger partial charge is 0.409 e. The van der Waals surface area contributed by atoms with Crippen molar-refractivity contribution in [2.75, 3.05) is 50.9 Å². The SMILES string of the molecule is CCOC(=O)N1CCC(NC(=O)c2ccc(N3CCOCC3)nc2)CC1. The highest BCUT2D eigenvalue weighted by atomic mass is 16.6. The summed E-state index contributed by atoms with van der Waals surface area (Å²) in [6, 6.07) is 3.75. The van der Waals surface area contributed by atoms with E-state index in [0.717, 1.165) is 31.7 Å². The first kappa shape index (κ1) is 18.4. The number of rotatable bonds is 4. The molecule has 0 bridgehead atoms. The van der Waals surface area contributed by atoms with Crippen LogP contribution >= 0.6 is 0 Å². The number of nitrogens with zero attached hydrogens (tertiary/aromatic N) is 3. The van der Waals surface area contributed by atoms with Crippen LogP contribution in [0.4, 0.5) is 10.6 Å². The zero-order valence-electron chi connectivity index (χ0n) is 15.1. The van der Waals surface area contributed by atoms with Crippen molar-refractivity contribution in [2.24, 2.45) is 0 Å². The molecule has 0 aromatic carbocycles. The van der Waals surface area contributed by atoms with E-state index in [2.05, 4.69) is 15.2 Å². The Hall–Kier alpha value is -2.35. The molecule has 1 aromatic rings. The molecule has 2 aliphatic heterocycles. The van der Waals surface area contributed by atoms with E-state index in [9.17, 15) is 9.59 Å². The van der Waals surface area contributed by atoms with Gasteiger partial charge in [0.15, 0.2) is 0 Å². The molecule has 142 valence electrons. The van der Waals surface area contributed by atoms with Crippen LogP contribution in [0.3, 0.4) is 0 Å².